The molecule has 0 atom stereocenters. The van der Waals surface area contributed by atoms with Crippen LogP contribution in [0.3, 0.4) is 0 Å². The van der Waals surface area contributed by atoms with Gasteiger partial charge in [0.05, 0.1) is 5.75 Å². The van der Waals surface area contributed by atoms with Crippen molar-refractivity contribution >= 4 is 40.0 Å². The van der Waals surface area contributed by atoms with E-state index < -0.39 is 0 Å². The lowest BCUT2D eigenvalue weighted by Gasteiger charge is -2.06. The molecule has 0 saturated heterocycles. The van der Waals surface area contributed by atoms with Gasteiger partial charge >= 0.3 is 0 Å². The number of Topliss-reactive ketones (excluding diaryl/α,β-unsaturated/α-hetero) is 1. The molecule has 2 heterocycles. The van der Waals surface area contributed by atoms with Crippen LogP contribution in [-0.2, 0) is 11.8 Å². The smallest absolute Gasteiger partial charge is 0.234 e. The minimum absolute atomic E-state index is 0.00767. The minimum Gasteiger partial charge on any atom is -0.360 e. The van der Waals surface area contributed by atoms with Crippen molar-refractivity contribution in [1.82, 2.24) is 19.7 Å². The molecule has 1 amide bonds. The molecule has 0 aliphatic rings. The Hall–Kier alpha value is -3.39. The number of hydrogen-bond acceptors (Lipinski definition) is 5. The predicted octanol–water partition coefficient (Wildman–Crippen LogP) is 3.90. The van der Waals surface area contributed by atoms with Crippen LogP contribution in [0, 0.1) is 0 Å². The summed E-state index contributed by atoms with van der Waals surface area (Å²) in [6.07, 6.45) is 1.92. The zero-order chi connectivity index (χ0) is 20.4. The Bertz CT molecular complexity index is 1190. The van der Waals surface area contributed by atoms with E-state index in [4.69, 9.17) is 0 Å². The van der Waals surface area contributed by atoms with Crippen molar-refractivity contribution in [2.24, 2.45) is 7.05 Å². The van der Waals surface area contributed by atoms with Crippen LogP contribution < -0.4 is 5.32 Å². The summed E-state index contributed by atoms with van der Waals surface area (Å²) in [6.45, 7) is 1.51. The highest BCUT2D eigenvalue weighted by Gasteiger charge is 2.16. The molecule has 4 rings (SSSR count). The number of para-hydroxylation sites is 1. The van der Waals surface area contributed by atoms with Crippen LogP contribution in [-0.4, -0.2) is 37.2 Å². The van der Waals surface area contributed by atoms with E-state index in [1.807, 2.05) is 42.1 Å². The molecule has 2 aromatic heterocycles. The number of carbonyl (C=O) groups excluding carboxylic acids is 2. The van der Waals surface area contributed by atoms with Crippen molar-refractivity contribution in [3.63, 3.8) is 0 Å². The summed E-state index contributed by atoms with van der Waals surface area (Å²) in [5.74, 6) is 0.785. The minimum atomic E-state index is -0.151. The first-order chi connectivity index (χ1) is 14.0. The first kappa shape index (κ1) is 18.9. The second kappa shape index (κ2) is 7.92. The molecule has 0 radical (unpaired) electrons. The standard InChI is InChI=1S/C21H19N5O2S/c1-13(27)14-7-9-15(10-8-14)23-19(28)12-29-21-25-24-20(26(21)2)17-11-22-18-6-4-3-5-16(17)18/h3-11,22H,12H2,1-2H3,(H,23,28). The Labute approximate surface area is 171 Å². The van der Waals surface area contributed by atoms with E-state index in [0.717, 1.165) is 22.3 Å². The number of anilines is 1. The Kier molecular flexibility index (Phi) is 5.18. The summed E-state index contributed by atoms with van der Waals surface area (Å²) in [6, 6.07) is 14.8. The predicted molar refractivity (Wildman–Crippen MR) is 114 cm³/mol. The molecule has 0 aliphatic carbocycles. The lowest BCUT2D eigenvalue weighted by atomic mass is 10.1. The number of aromatic nitrogens is 4. The summed E-state index contributed by atoms with van der Waals surface area (Å²) in [4.78, 5) is 26.8. The normalized spacial score (nSPS) is 11.0. The Morgan fingerprint density at radius 1 is 1.10 bits per heavy atom. The Morgan fingerprint density at radius 2 is 1.86 bits per heavy atom. The van der Waals surface area contributed by atoms with Crippen LogP contribution in [0.4, 0.5) is 5.69 Å². The monoisotopic (exact) mass is 405 g/mol. The molecule has 0 bridgehead atoms. The average molecular weight is 405 g/mol. The third kappa shape index (κ3) is 3.93. The van der Waals surface area contributed by atoms with E-state index in [0.29, 0.717) is 16.4 Å². The van der Waals surface area contributed by atoms with Gasteiger partial charge in [-0.25, -0.2) is 0 Å². The van der Waals surface area contributed by atoms with Crippen molar-refractivity contribution in [3.05, 3.63) is 60.3 Å². The Morgan fingerprint density at radius 3 is 2.62 bits per heavy atom. The summed E-state index contributed by atoms with van der Waals surface area (Å²) < 4.78 is 1.88. The van der Waals surface area contributed by atoms with Crippen LogP contribution in [0.15, 0.2) is 59.9 Å². The van der Waals surface area contributed by atoms with Gasteiger partial charge in [-0.15, -0.1) is 10.2 Å². The third-order valence-electron chi connectivity index (χ3n) is 4.57. The summed E-state index contributed by atoms with van der Waals surface area (Å²) in [5.41, 5.74) is 3.27. The van der Waals surface area contributed by atoms with E-state index in [2.05, 4.69) is 20.5 Å². The van der Waals surface area contributed by atoms with Crippen molar-refractivity contribution < 1.29 is 9.59 Å². The largest absolute Gasteiger partial charge is 0.360 e. The van der Waals surface area contributed by atoms with E-state index in [1.54, 1.807) is 24.3 Å². The van der Waals surface area contributed by atoms with Gasteiger partial charge in [0.25, 0.3) is 0 Å². The molecule has 29 heavy (non-hydrogen) atoms. The molecule has 7 nitrogen and oxygen atoms in total. The number of benzene rings is 2. The zero-order valence-corrected chi connectivity index (χ0v) is 16.8. The highest BCUT2D eigenvalue weighted by Crippen LogP contribution is 2.29. The van der Waals surface area contributed by atoms with Crippen molar-refractivity contribution in [2.75, 3.05) is 11.1 Å². The van der Waals surface area contributed by atoms with Gasteiger partial charge in [0.2, 0.25) is 5.91 Å². The SMILES string of the molecule is CC(=O)c1ccc(NC(=O)CSc2nnc(-c3c[nH]c4ccccc34)n2C)cc1. The fraction of sp³-hybridized carbons (Fsp3) is 0.143. The number of aromatic amines is 1. The summed E-state index contributed by atoms with van der Waals surface area (Å²) in [7, 11) is 1.89. The molecule has 0 aliphatic heterocycles. The van der Waals surface area contributed by atoms with Crippen LogP contribution in [0.2, 0.25) is 0 Å². The maximum atomic E-state index is 12.3. The molecule has 0 unspecified atom stereocenters. The molecule has 4 aromatic rings. The summed E-state index contributed by atoms with van der Waals surface area (Å²) in [5, 5.41) is 13.1. The van der Waals surface area contributed by atoms with Gasteiger partial charge < -0.3 is 14.9 Å². The van der Waals surface area contributed by atoms with Crippen molar-refractivity contribution in [1.29, 1.82) is 0 Å². The van der Waals surface area contributed by atoms with Crippen LogP contribution in [0.5, 0.6) is 0 Å². The van der Waals surface area contributed by atoms with Crippen LogP contribution in [0.1, 0.15) is 17.3 Å². The fourth-order valence-corrected chi connectivity index (χ4v) is 3.76. The van der Waals surface area contributed by atoms with Crippen molar-refractivity contribution in [3.8, 4) is 11.4 Å². The number of nitrogens with one attached hydrogen (secondary N) is 2. The number of carbonyl (C=O) groups is 2. The molecule has 0 saturated carbocycles. The molecule has 8 heteroatoms. The van der Waals surface area contributed by atoms with Gasteiger partial charge in [-0.3, -0.25) is 9.59 Å². The molecule has 2 aromatic carbocycles. The highest BCUT2D eigenvalue weighted by atomic mass is 32.2. The molecule has 2 N–H and O–H groups in total. The number of fused-ring (bicyclic) bond motifs is 1. The topological polar surface area (TPSA) is 92.7 Å². The first-order valence-corrected chi connectivity index (χ1v) is 10.0. The van der Waals surface area contributed by atoms with E-state index in [-0.39, 0.29) is 17.4 Å². The number of thioether (sulfide) groups is 1. The van der Waals surface area contributed by atoms with Gasteiger partial charge in [-0.1, -0.05) is 30.0 Å². The van der Waals surface area contributed by atoms with Gasteiger partial charge in [0.15, 0.2) is 16.8 Å². The number of rotatable bonds is 6. The third-order valence-corrected chi connectivity index (χ3v) is 5.59. The maximum absolute atomic E-state index is 12.3. The number of amides is 1. The lowest BCUT2D eigenvalue weighted by molar-refractivity contribution is -0.113. The molecular formula is C21H19N5O2S. The fourth-order valence-electron chi connectivity index (χ4n) is 3.05. The molecule has 0 spiro atoms. The Balaban J connectivity index is 1.43. The van der Waals surface area contributed by atoms with E-state index >= 15 is 0 Å². The second-order valence-corrected chi connectivity index (χ2v) is 7.53. The molecule has 146 valence electrons. The van der Waals surface area contributed by atoms with Gasteiger partial charge in [0.1, 0.15) is 0 Å². The van der Waals surface area contributed by atoms with Gasteiger partial charge in [0, 0.05) is 41.0 Å². The zero-order valence-electron chi connectivity index (χ0n) is 16.0. The average Bonchev–Trinajstić information content (AvgIpc) is 3.30. The van der Waals surface area contributed by atoms with E-state index in [9.17, 15) is 9.59 Å². The van der Waals surface area contributed by atoms with E-state index in [1.165, 1.54) is 18.7 Å². The number of nitrogens with zero attached hydrogens (tertiary/aromatic N) is 3. The van der Waals surface area contributed by atoms with Gasteiger partial charge in [-0.2, -0.15) is 0 Å². The van der Waals surface area contributed by atoms with Crippen LogP contribution in [0.25, 0.3) is 22.3 Å². The lowest BCUT2D eigenvalue weighted by Crippen LogP contribution is -2.14. The number of hydrogen-bond donors (Lipinski definition) is 2. The summed E-state index contributed by atoms with van der Waals surface area (Å²) >= 11 is 1.32. The quantitative estimate of drug-likeness (QED) is 0.375. The maximum Gasteiger partial charge on any atom is 0.234 e. The second-order valence-electron chi connectivity index (χ2n) is 6.58. The first-order valence-electron chi connectivity index (χ1n) is 9.02. The van der Waals surface area contributed by atoms with Crippen molar-refractivity contribution in [2.45, 2.75) is 12.1 Å². The molecular weight excluding hydrogens is 386 g/mol. The molecule has 0 fully saturated rings. The van der Waals surface area contributed by atoms with Crippen LogP contribution >= 0.6 is 11.8 Å². The number of ketones is 1. The highest BCUT2D eigenvalue weighted by molar-refractivity contribution is 7.99. The number of H-pyrrole nitrogens is 1. The van der Waals surface area contributed by atoms with Gasteiger partial charge in [-0.05, 0) is 37.3 Å².